The third kappa shape index (κ3) is 5.62. The van der Waals surface area contributed by atoms with Crippen LogP contribution >= 0.6 is 11.8 Å². The Morgan fingerprint density at radius 2 is 2.05 bits per heavy atom. The molecule has 120 valence electrons. The summed E-state index contributed by atoms with van der Waals surface area (Å²) in [6.45, 7) is 7.49. The van der Waals surface area contributed by atoms with Crippen LogP contribution < -0.4 is 10.0 Å². The van der Waals surface area contributed by atoms with Gasteiger partial charge in [0.1, 0.15) is 0 Å². The van der Waals surface area contributed by atoms with E-state index in [0.29, 0.717) is 11.4 Å². The van der Waals surface area contributed by atoms with Gasteiger partial charge in [-0.2, -0.15) is 11.8 Å². The number of hydrogen-bond donors (Lipinski definition) is 2. The van der Waals surface area contributed by atoms with Crippen LogP contribution in [0.1, 0.15) is 31.4 Å². The SMILES string of the molecule is CCCNCc1cccc(S(=O)(=O)NC(C)CSC)c1C. The summed E-state index contributed by atoms with van der Waals surface area (Å²) in [5, 5.41) is 3.31. The topological polar surface area (TPSA) is 58.2 Å². The maximum Gasteiger partial charge on any atom is 0.241 e. The summed E-state index contributed by atoms with van der Waals surface area (Å²) in [6, 6.07) is 5.38. The zero-order valence-electron chi connectivity index (χ0n) is 13.3. The molecule has 0 bridgehead atoms. The molecular weight excluding hydrogens is 304 g/mol. The molecule has 0 saturated heterocycles. The summed E-state index contributed by atoms with van der Waals surface area (Å²) in [4.78, 5) is 0.381. The molecule has 0 amide bonds. The van der Waals surface area contributed by atoms with Crippen LogP contribution in [0.4, 0.5) is 0 Å². The fourth-order valence-corrected chi connectivity index (χ4v) is 4.38. The lowest BCUT2D eigenvalue weighted by Gasteiger charge is -2.16. The first-order valence-electron chi connectivity index (χ1n) is 7.22. The summed E-state index contributed by atoms with van der Waals surface area (Å²) in [7, 11) is -3.46. The number of benzene rings is 1. The van der Waals surface area contributed by atoms with Crippen molar-refractivity contribution in [3.05, 3.63) is 29.3 Å². The maximum atomic E-state index is 12.5. The van der Waals surface area contributed by atoms with Crippen molar-refractivity contribution in [1.29, 1.82) is 0 Å². The zero-order chi connectivity index (χ0) is 15.9. The van der Waals surface area contributed by atoms with Crippen LogP contribution in [0.3, 0.4) is 0 Å². The molecule has 21 heavy (non-hydrogen) atoms. The van der Waals surface area contributed by atoms with E-state index in [1.807, 2.05) is 32.2 Å². The van der Waals surface area contributed by atoms with Gasteiger partial charge in [0.2, 0.25) is 10.0 Å². The summed E-state index contributed by atoms with van der Waals surface area (Å²) >= 11 is 1.63. The molecule has 0 heterocycles. The van der Waals surface area contributed by atoms with E-state index in [1.165, 1.54) is 0 Å². The van der Waals surface area contributed by atoms with Crippen molar-refractivity contribution in [3.8, 4) is 0 Å². The Hall–Kier alpha value is -0.560. The Kier molecular flexibility index (Phi) is 7.73. The molecule has 1 rings (SSSR count). The second kappa shape index (κ2) is 8.78. The van der Waals surface area contributed by atoms with Gasteiger partial charge in [-0.05, 0) is 50.3 Å². The molecular formula is C15H26N2O2S2. The minimum absolute atomic E-state index is 0.0775. The Morgan fingerprint density at radius 1 is 1.33 bits per heavy atom. The first-order chi connectivity index (χ1) is 9.92. The molecule has 0 aliphatic rings. The molecule has 0 aliphatic heterocycles. The van der Waals surface area contributed by atoms with Gasteiger partial charge in [0, 0.05) is 18.3 Å². The maximum absolute atomic E-state index is 12.5. The van der Waals surface area contributed by atoms with Crippen molar-refractivity contribution in [1.82, 2.24) is 10.0 Å². The highest BCUT2D eigenvalue weighted by Gasteiger charge is 2.20. The lowest BCUT2D eigenvalue weighted by Crippen LogP contribution is -2.34. The predicted octanol–water partition coefficient (Wildman–Crippen LogP) is 2.52. The zero-order valence-corrected chi connectivity index (χ0v) is 14.9. The first-order valence-corrected chi connectivity index (χ1v) is 10.1. The number of nitrogens with one attached hydrogen (secondary N) is 2. The van der Waals surface area contributed by atoms with Gasteiger partial charge in [0.15, 0.2) is 0 Å². The number of hydrogen-bond acceptors (Lipinski definition) is 4. The minimum Gasteiger partial charge on any atom is -0.313 e. The highest BCUT2D eigenvalue weighted by molar-refractivity contribution is 7.98. The van der Waals surface area contributed by atoms with Gasteiger partial charge >= 0.3 is 0 Å². The summed E-state index contributed by atoms with van der Waals surface area (Å²) in [5.41, 5.74) is 1.86. The van der Waals surface area contributed by atoms with E-state index >= 15 is 0 Å². The number of sulfonamides is 1. The predicted molar refractivity (Wildman–Crippen MR) is 91.3 cm³/mol. The molecule has 0 spiro atoms. The highest BCUT2D eigenvalue weighted by Crippen LogP contribution is 2.19. The first kappa shape index (κ1) is 18.5. The normalized spacial score (nSPS) is 13.3. The fraction of sp³-hybridized carbons (Fsp3) is 0.600. The fourth-order valence-electron chi connectivity index (χ4n) is 2.15. The molecule has 1 aromatic carbocycles. The van der Waals surface area contributed by atoms with Crippen LogP contribution in [-0.4, -0.2) is 33.0 Å². The van der Waals surface area contributed by atoms with Crippen LogP contribution in [0.5, 0.6) is 0 Å². The van der Waals surface area contributed by atoms with Gasteiger partial charge in [-0.25, -0.2) is 13.1 Å². The number of thioether (sulfide) groups is 1. The van der Waals surface area contributed by atoms with Crippen molar-refractivity contribution in [2.24, 2.45) is 0 Å². The van der Waals surface area contributed by atoms with E-state index in [1.54, 1.807) is 17.8 Å². The standard InChI is InChI=1S/C15H26N2O2S2/c1-5-9-16-10-14-7-6-8-15(13(14)3)21(18,19)17-12(2)11-20-4/h6-8,12,16-17H,5,9-11H2,1-4H3. The third-order valence-corrected chi connectivity index (χ3v) is 5.77. The lowest BCUT2D eigenvalue weighted by atomic mass is 10.1. The van der Waals surface area contributed by atoms with E-state index in [9.17, 15) is 8.42 Å². The molecule has 1 atom stereocenters. The largest absolute Gasteiger partial charge is 0.313 e. The summed E-state index contributed by atoms with van der Waals surface area (Å²) in [5.74, 6) is 0.760. The Labute approximate surface area is 133 Å². The van der Waals surface area contributed by atoms with Crippen molar-refractivity contribution in [3.63, 3.8) is 0 Å². The second-order valence-electron chi connectivity index (χ2n) is 5.19. The number of rotatable bonds is 9. The molecule has 0 saturated carbocycles. The van der Waals surface area contributed by atoms with Gasteiger partial charge in [0.25, 0.3) is 0 Å². The Bertz CT molecular complexity index is 545. The van der Waals surface area contributed by atoms with E-state index in [2.05, 4.69) is 17.0 Å². The molecule has 2 N–H and O–H groups in total. The van der Waals surface area contributed by atoms with E-state index in [0.717, 1.165) is 29.8 Å². The van der Waals surface area contributed by atoms with Gasteiger partial charge < -0.3 is 5.32 Å². The van der Waals surface area contributed by atoms with E-state index in [4.69, 9.17) is 0 Å². The molecule has 0 aromatic heterocycles. The van der Waals surface area contributed by atoms with Gasteiger partial charge in [-0.15, -0.1) is 0 Å². The molecule has 0 radical (unpaired) electrons. The van der Waals surface area contributed by atoms with Crippen molar-refractivity contribution in [2.45, 2.75) is 44.7 Å². The lowest BCUT2D eigenvalue weighted by molar-refractivity contribution is 0.570. The molecule has 6 heteroatoms. The van der Waals surface area contributed by atoms with Gasteiger partial charge in [-0.1, -0.05) is 19.1 Å². The van der Waals surface area contributed by atoms with E-state index < -0.39 is 10.0 Å². The van der Waals surface area contributed by atoms with Crippen LogP contribution in [-0.2, 0) is 16.6 Å². The van der Waals surface area contributed by atoms with Crippen molar-refractivity contribution in [2.75, 3.05) is 18.6 Å². The smallest absolute Gasteiger partial charge is 0.241 e. The molecule has 4 nitrogen and oxygen atoms in total. The van der Waals surface area contributed by atoms with Crippen LogP contribution in [0.25, 0.3) is 0 Å². The van der Waals surface area contributed by atoms with Crippen molar-refractivity contribution >= 4 is 21.8 Å². The highest BCUT2D eigenvalue weighted by atomic mass is 32.2. The molecule has 1 unspecified atom stereocenters. The molecule has 0 fully saturated rings. The average molecular weight is 331 g/mol. The van der Waals surface area contributed by atoms with Crippen LogP contribution in [0.2, 0.25) is 0 Å². The summed E-state index contributed by atoms with van der Waals surface area (Å²) in [6.07, 6.45) is 3.03. The summed E-state index contributed by atoms with van der Waals surface area (Å²) < 4.78 is 27.7. The average Bonchev–Trinajstić information content (AvgIpc) is 2.40. The third-order valence-electron chi connectivity index (χ3n) is 3.20. The molecule has 0 aliphatic carbocycles. The van der Waals surface area contributed by atoms with Crippen molar-refractivity contribution < 1.29 is 8.42 Å². The second-order valence-corrected chi connectivity index (χ2v) is 7.79. The Balaban J connectivity index is 2.94. The van der Waals surface area contributed by atoms with Gasteiger partial charge in [-0.3, -0.25) is 0 Å². The van der Waals surface area contributed by atoms with Crippen LogP contribution in [0.15, 0.2) is 23.1 Å². The monoisotopic (exact) mass is 330 g/mol. The molecule has 1 aromatic rings. The van der Waals surface area contributed by atoms with Crippen LogP contribution in [0, 0.1) is 6.92 Å². The quantitative estimate of drug-likeness (QED) is 0.683. The minimum atomic E-state index is -3.46. The Morgan fingerprint density at radius 3 is 2.67 bits per heavy atom. The van der Waals surface area contributed by atoms with E-state index in [-0.39, 0.29) is 6.04 Å². The van der Waals surface area contributed by atoms with Gasteiger partial charge in [0.05, 0.1) is 4.90 Å².